The van der Waals surface area contributed by atoms with Crippen LogP contribution in [0, 0.1) is 21.4 Å². The highest BCUT2D eigenvalue weighted by Crippen LogP contribution is 2.25. The zero-order valence-corrected chi connectivity index (χ0v) is 9.83. The van der Waals surface area contributed by atoms with E-state index in [9.17, 15) is 18.5 Å². The topological polar surface area (TPSA) is 113 Å². The van der Waals surface area contributed by atoms with Gasteiger partial charge in [-0.05, 0) is 6.07 Å². The van der Waals surface area contributed by atoms with Gasteiger partial charge in [-0.2, -0.15) is 9.98 Å². The van der Waals surface area contributed by atoms with Crippen molar-refractivity contribution in [2.75, 3.05) is 6.54 Å². The molecule has 0 fully saturated rings. The van der Waals surface area contributed by atoms with Gasteiger partial charge in [0, 0.05) is 12.1 Å². The Bertz CT molecular complexity index is 593. The average molecular weight is 276 g/mol. The van der Waals surface area contributed by atoms with Crippen LogP contribution in [0.15, 0.2) is 23.1 Å². The van der Waals surface area contributed by atoms with E-state index >= 15 is 0 Å². The van der Waals surface area contributed by atoms with Gasteiger partial charge in [-0.25, -0.2) is 8.42 Å². The van der Waals surface area contributed by atoms with E-state index < -0.39 is 32.1 Å². The van der Waals surface area contributed by atoms with Crippen molar-refractivity contribution in [3.8, 4) is 6.07 Å². The molecule has 90 valence electrons. The molecule has 0 spiro atoms. The minimum atomic E-state index is -4.02. The number of nitrogens with one attached hydrogen (secondary N) is 1. The Morgan fingerprint density at radius 3 is 2.71 bits per heavy atom. The lowest BCUT2D eigenvalue weighted by molar-refractivity contribution is -0.385. The molecule has 0 bridgehead atoms. The van der Waals surface area contributed by atoms with E-state index in [1.165, 1.54) is 0 Å². The Hall–Kier alpha value is -1.69. The molecule has 1 rings (SSSR count). The first-order valence-corrected chi connectivity index (χ1v) is 6.05. The smallest absolute Gasteiger partial charge is 0.258 e. The molecule has 17 heavy (non-hydrogen) atoms. The lowest BCUT2D eigenvalue weighted by atomic mass is 10.3. The Morgan fingerprint density at radius 2 is 2.18 bits per heavy atom. The van der Waals surface area contributed by atoms with Crippen LogP contribution in [0.3, 0.4) is 0 Å². The molecule has 0 saturated carbocycles. The molecule has 0 atom stereocenters. The molecule has 1 aromatic carbocycles. The zero-order chi connectivity index (χ0) is 13.1. The number of halogens is 1. The second-order valence-corrected chi connectivity index (χ2v) is 5.00. The van der Waals surface area contributed by atoms with E-state index in [-0.39, 0.29) is 5.02 Å². The Balaban J connectivity index is 3.26. The highest BCUT2D eigenvalue weighted by atomic mass is 35.5. The van der Waals surface area contributed by atoms with Crippen molar-refractivity contribution in [1.29, 1.82) is 5.26 Å². The molecule has 0 radical (unpaired) electrons. The zero-order valence-electron chi connectivity index (χ0n) is 8.25. The van der Waals surface area contributed by atoms with E-state index in [0.29, 0.717) is 0 Å². The van der Waals surface area contributed by atoms with Crippen molar-refractivity contribution in [2.24, 2.45) is 0 Å². The number of hydrogen-bond acceptors (Lipinski definition) is 5. The monoisotopic (exact) mass is 275 g/mol. The fraction of sp³-hybridized carbons (Fsp3) is 0.125. The van der Waals surface area contributed by atoms with Crippen LogP contribution in [0.25, 0.3) is 0 Å². The van der Waals surface area contributed by atoms with E-state index in [1.807, 2.05) is 4.72 Å². The van der Waals surface area contributed by atoms with Gasteiger partial charge in [0.2, 0.25) is 10.0 Å². The molecule has 7 nitrogen and oxygen atoms in total. The van der Waals surface area contributed by atoms with E-state index in [4.69, 9.17) is 16.9 Å². The molecule has 0 aromatic heterocycles. The summed E-state index contributed by atoms with van der Waals surface area (Å²) in [5.74, 6) is 0. The first kappa shape index (κ1) is 13.4. The van der Waals surface area contributed by atoms with E-state index in [1.54, 1.807) is 6.07 Å². The van der Waals surface area contributed by atoms with E-state index in [0.717, 1.165) is 18.2 Å². The SMILES string of the molecule is N#CCNS(=O)(=O)c1cc([N+](=O)[O-])ccc1Cl. The van der Waals surface area contributed by atoms with Gasteiger partial charge in [0.15, 0.2) is 0 Å². The molecule has 9 heteroatoms. The lowest BCUT2D eigenvalue weighted by Gasteiger charge is -2.05. The van der Waals surface area contributed by atoms with Gasteiger partial charge >= 0.3 is 0 Å². The normalized spacial score (nSPS) is 10.8. The van der Waals surface area contributed by atoms with Crippen LogP contribution in [0.5, 0.6) is 0 Å². The van der Waals surface area contributed by atoms with Crippen LogP contribution < -0.4 is 4.72 Å². The number of hydrogen-bond donors (Lipinski definition) is 1. The third kappa shape index (κ3) is 3.13. The molecular weight excluding hydrogens is 270 g/mol. The second kappa shape index (κ2) is 5.09. The van der Waals surface area contributed by atoms with Gasteiger partial charge in [0.25, 0.3) is 5.69 Å². The molecule has 1 N–H and O–H groups in total. The molecule has 1 aromatic rings. The number of nitro benzene ring substituents is 1. The number of sulfonamides is 1. The number of benzene rings is 1. The second-order valence-electron chi connectivity index (χ2n) is 2.85. The van der Waals surface area contributed by atoms with Crippen LogP contribution in [0.2, 0.25) is 5.02 Å². The minimum absolute atomic E-state index is 0.152. The van der Waals surface area contributed by atoms with Crippen molar-refractivity contribution in [1.82, 2.24) is 4.72 Å². The Kier molecular flexibility index (Phi) is 4.01. The maximum Gasteiger partial charge on any atom is 0.270 e. The largest absolute Gasteiger partial charge is 0.270 e. The molecular formula is C8H6ClN3O4S. The molecule has 0 aliphatic rings. The van der Waals surface area contributed by atoms with Crippen LogP contribution >= 0.6 is 11.6 Å². The van der Waals surface area contributed by atoms with Crippen LogP contribution in [-0.2, 0) is 10.0 Å². The first-order valence-electron chi connectivity index (χ1n) is 4.19. The summed E-state index contributed by atoms with van der Waals surface area (Å²) in [6.07, 6.45) is 0. The van der Waals surface area contributed by atoms with Gasteiger partial charge in [-0.15, -0.1) is 0 Å². The summed E-state index contributed by atoms with van der Waals surface area (Å²) in [5.41, 5.74) is -0.397. The van der Waals surface area contributed by atoms with Crippen molar-refractivity contribution >= 4 is 27.3 Å². The van der Waals surface area contributed by atoms with Gasteiger partial charge in [-0.1, -0.05) is 11.6 Å². The third-order valence-electron chi connectivity index (χ3n) is 1.76. The predicted molar refractivity (Wildman–Crippen MR) is 58.9 cm³/mol. The quantitative estimate of drug-likeness (QED) is 0.501. The van der Waals surface area contributed by atoms with Crippen molar-refractivity contribution in [3.63, 3.8) is 0 Å². The summed E-state index contributed by atoms with van der Waals surface area (Å²) in [7, 11) is -4.02. The Morgan fingerprint density at radius 1 is 1.53 bits per heavy atom. The highest BCUT2D eigenvalue weighted by molar-refractivity contribution is 7.89. The number of nitrogens with zero attached hydrogens (tertiary/aromatic N) is 2. The maximum absolute atomic E-state index is 11.6. The minimum Gasteiger partial charge on any atom is -0.258 e. The molecule has 0 unspecified atom stereocenters. The van der Waals surface area contributed by atoms with E-state index in [2.05, 4.69) is 0 Å². The summed E-state index contributed by atoms with van der Waals surface area (Å²) in [6.45, 7) is -0.443. The van der Waals surface area contributed by atoms with Crippen LogP contribution in [-0.4, -0.2) is 19.9 Å². The Labute approximate surface area is 102 Å². The summed E-state index contributed by atoms with van der Waals surface area (Å²) in [6, 6.07) is 4.62. The van der Waals surface area contributed by atoms with Gasteiger partial charge in [0.1, 0.15) is 4.90 Å². The fourth-order valence-corrected chi connectivity index (χ4v) is 2.45. The van der Waals surface area contributed by atoms with Crippen molar-refractivity contribution in [3.05, 3.63) is 33.3 Å². The lowest BCUT2D eigenvalue weighted by Crippen LogP contribution is -2.24. The number of nitriles is 1. The number of rotatable bonds is 4. The summed E-state index contributed by atoms with van der Waals surface area (Å²) in [4.78, 5) is 9.34. The summed E-state index contributed by atoms with van der Waals surface area (Å²) < 4.78 is 25.2. The average Bonchev–Trinajstić information content (AvgIpc) is 2.26. The highest BCUT2D eigenvalue weighted by Gasteiger charge is 2.20. The summed E-state index contributed by atoms with van der Waals surface area (Å²) in [5, 5.41) is 18.6. The van der Waals surface area contributed by atoms with Crippen molar-refractivity contribution < 1.29 is 13.3 Å². The molecule has 0 aliphatic carbocycles. The predicted octanol–water partition coefficient (Wildman–Crippen LogP) is 1.05. The van der Waals surface area contributed by atoms with Gasteiger partial charge in [0.05, 0.1) is 22.6 Å². The van der Waals surface area contributed by atoms with Gasteiger partial charge in [-0.3, -0.25) is 10.1 Å². The molecule has 0 saturated heterocycles. The van der Waals surface area contributed by atoms with Gasteiger partial charge < -0.3 is 0 Å². The molecule has 0 aliphatic heterocycles. The standard InChI is InChI=1S/C8H6ClN3O4S/c9-7-2-1-6(12(13)14)5-8(7)17(15,16)11-4-3-10/h1-2,5,11H,4H2. The van der Waals surface area contributed by atoms with Crippen LogP contribution in [0.4, 0.5) is 5.69 Å². The third-order valence-corrected chi connectivity index (χ3v) is 3.64. The first-order chi connectivity index (χ1) is 7.88. The molecule has 0 heterocycles. The number of nitro groups is 1. The number of non-ortho nitro benzene ring substituents is 1. The molecule has 0 amide bonds. The summed E-state index contributed by atoms with van der Waals surface area (Å²) >= 11 is 5.64. The van der Waals surface area contributed by atoms with Crippen LogP contribution in [0.1, 0.15) is 0 Å². The fourth-order valence-electron chi connectivity index (χ4n) is 1.02. The maximum atomic E-state index is 11.6. The van der Waals surface area contributed by atoms with Crippen molar-refractivity contribution in [2.45, 2.75) is 4.90 Å².